The second kappa shape index (κ2) is 9.63. The largest absolute Gasteiger partial charge is 0.452 e. The Morgan fingerprint density at radius 3 is 2.35 bits per heavy atom. The van der Waals surface area contributed by atoms with Gasteiger partial charge in [-0.15, -0.1) is 0 Å². The highest BCUT2D eigenvalue weighted by Gasteiger charge is 2.31. The summed E-state index contributed by atoms with van der Waals surface area (Å²) in [6.45, 7) is 1.75. The van der Waals surface area contributed by atoms with Crippen LogP contribution in [0.1, 0.15) is 30.1 Å². The third kappa shape index (κ3) is 5.42. The number of carbonyl (C=O) groups excluding carboxylic acids is 3. The van der Waals surface area contributed by atoms with Crippen LogP contribution < -0.4 is 5.32 Å². The normalized spacial score (nSPS) is 15.3. The monoisotopic (exact) mass is 434 g/mol. The maximum Gasteiger partial charge on any atom is 0.309 e. The SMILES string of the molecule is CC(OC(=O)C1CCN(C(=O)c2ccc(F)cc2F)CC1)C(=O)Nc1ccccc1F. The average Bonchev–Trinajstić information content (AvgIpc) is 2.75. The minimum absolute atomic E-state index is 0.0183. The molecule has 0 bridgehead atoms. The summed E-state index contributed by atoms with van der Waals surface area (Å²) in [6, 6.07) is 8.36. The molecule has 1 unspecified atom stereocenters. The lowest BCUT2D eigenvalue weighted by molar-refractivity contribution is -0.158. The Labute approximate surface area is 177 Å². The molecule has 1 fully saturated rings. The number of nitrogens with one attached hydrogen (secondary N) is 1. The van der Waals surface area contributed by atoms with Crippen molar-refractivity contribution >= 4 is 23.5 Å². The molecule has 1 aliphatic rings. The fraction of sp³-hybridized carbons (Fsp3) is 0.318. The fourth-order valence-electron chi connectivity index (χ4n) is 3.27. The molecule has 1 aliphatic heterocycles. The topological polar surface area (TPSA) is 75.7 Å². The van der Waals surface area contributed by atoms with E-state index < -0.39 is 47.3 Å². The molecular weight excluding hydrogens is 413 g/mol. The van der Waals surface area contributed by atoms with Crippen LogP contribution in [0.15, 0.2) is 42.5 Å². The molecule has 164 valence electrons. The second-order valence-corrected chi connectivity index (χ2v) is 7.24. The molecule has 0 aromatic heterocycles. The van der Waals surface area contributed by atoms with Gasteiger partial charge in [-0.05, 0) is 44.0 Å². The molecule has 0 radical (unpaired) electrons. The van der Waals surface area contributed by atoms with Crippen molar-refractivity contribution < 1.29 is 32.3 Å². The second-order valence-electron chi connectivity index (χ2n) is 7.24. The molecule has 0 spiro atoms. The first-order valence-electron chi connectivity index (χ1n) is 9.76. The molecule has 1 N–H and O–H groups in total. The van der Waals surface area contributed by atoms with E-state index in [0.29, 0.717) is 6.07 Å². The number of nitrogens with zero attached hydrogens (tertiary/aromatic N) is 1. The molecule has 1 saturated heterocycles. The zero-order valence-electron chi connectivity index (χ0n) is 16.7. The predicted molar refractivity (Wildman–Crippen MR) is 106 cm³/mol. The fourth-order valence-corrected chi connectivity index (χ4v) is 3.27. The van der Waals surface area contributed by atoms with Gasteiger partial charge in [0.1, 0.15) is 17.5 Å². The number of anilines is 1. The van der Waals surface area contributed by atoms with Crippen LogP contribution in [0.2, 0.25) is 0 Å². The van der Waals surface area contributed by atoms with Crippen LogP contribution in [0, 0.1) is 23.4 Å². The van der Waals surface area contributed by atoms with E-state index in [1.54, 1.807) is 6.07 Å². The number of piperidine rings is 1. The van der Waals surface area contributed by atoms with Crippen molar-refractivity contribution in [3.05, 3.63) is 65.5 Å². The Hall–Kier alpha value is -3.36. The number of para-hydroxylation sites is 1. The first-order valence-corrected chi connectivity index (χ1v) is 9.76. The van der Waals surface area contributed by atoms with Gasteiger partial charge in [0.15, 0.2) is 6.10 Å². The van der Waals surface area contributed by atoms with Gasteiger partial charge in [-0.2, -0.15) is 0 Å². The summed E-state index contributed by atoms with van der Waals surface area (Å²) in [7, 11) is 0. The maximum atomic E-state index is 13.8. The molecule has 1 heterocycles. The van der Waals surface area contributed by atoms with Gasteiger partial charge in [-0.25, -0.2) is 13.2 Å². The highest BCUT2D eigenvalue weighted by molar-refractivity contribution is 5.96. The molecule has 0 aliphatic carbocycles. The molecule has 6 nitrogen and oxygen atoms in total. The number of halogens is 3. The first-order chi connectivity index (χ1) is 14.8. The van der Waals surface area contributed by atoms with E-state index in [9.17, 15) is 27.6 Å². The van der Waals surface area contributed by atoms with Crippen LogP contribution in [-0.4, -0.2) is 41.9 Å². The number of hydrogen-bond donors (Lipinski definition) is 1. The summed E-state index contributed by atoms with van der Waals surface area (Å²) in [5.74, 6) is -4.71. The van der Waals surface area contributed by atoms with Gasteiger partial charge in [-0.1, -0.05) is 12.1 Å². The molecule has 31 heavy (non-hydrogen) atoms. The van der Waals surface area contributed by atoms with Gasteiger partial charge in [0.25, 0.3) is 11.8 Å². The number of esters is 1. The third-order valence-electron chi connectivity index (χ3n) is 5.07. The van der Waals surface area contributed by atoms with Crippen molar-refractivity contribution in [2.75, 3.05) is 18.4 Å². The van der Waals surface area contributed by atoms with E-state index in [0.717, 1.165) is 12.1 Å². The Bertz CT molecular complexity index is 990. The minimum Gasteiger partial charge on any atom is -0.452 e. The summed E-state index contributed by atoms with van der Waals surface area (Å²) < 4.78 is 45.7. The highest BCUT2D eigenvalue weighted by atomic mass is 19.1. The Balaban J connectivity index is 1.51. The van der Waals surface area contributed by atoms with Gasteiger partial charge in [-0.3, -0.25) is 14.4 Å². The molecule has 9 heteroatoms. The summed E-state index contributed by atoms with van der Waals surface area (Å²) in [4.78, 5) is 38.4. The third-order valence-corrected chi connectivity index (χ3v) is 5.07. The van der Waals surface area contributed by atoms with E-state index in [1.165, 1.54) is 30.0 Å². The van der Waals surface area contributed by atoms with Crippen molar-refractivity contribution in [3.63, 3.8) is 0 Å². The number of carbonyl (C=O) groups is 3. The van der Waals surface area contributed by atoms with E-state index in [-0.39, 0.29) is 37.2 Å². The number of amides is 2. The van der Waals surface area contributed by atoms with Crippen molar-refractivity contribution in [1.82, 2.24) is 4.90 Å². The Morgan fingerprint density at radius 1 is 1.03 bits per heavy atom. The highest BCUT2D eigenvalue weighted by Crippen LogP contribution is 2.22. The minimum atomic E-state index is -1.14. The first kappa shape index (κ1) is 22.3. The number of likely N-dealkylation sites (tertiary alicyclic amines) is 1. The Morgan fingerprint density at radius 2 is 1.71 bits per heavy atom. The lowest BCUT2D eigenvalue weighted by Gasteiger charge is -2.31. The van der Waals surface area contributed by atoms with E-state index in [2.05, 4.69) is 5.32 Å². The molecule has 2 amide bonds. The maximum absolute atomic E-state index is 13.8. The molecule has 3 rings (SSSR count). The Kier molecular flexibility index (Phi) is 6.94. The van der Waals surface area contributed by atoms with Crippen molar-refractivity contribution in [1.29, 1.82) is 0 Å². The van der Waals surface area contributed by atoms with Gasteiger partial charge >= 0.3 is 5.97 Å². The van der Waals surface area contributed by atoms with Crippen LogP contribution >= 0.6 is 0 Å². The van der Waals surface area contributed by atoms with Crippen molar-refractivity contribution in [2.45, 2.75) is 25.9 Å². The standard InChI is InChI=1S/C22H21F3N2O4/c1-13(20(28)26-19-5-3-2-4-17(19)24)31-22(30)14-8-10-27(11-9-14)21(29)16-7-6-15(23)12-18(16)25/h2-7,12-14H,8-11H2,1H3,(H,26,28). The van der Waals surface area contributed by atoms with Gasteiger partial charge in [0.05, 0.1) is 17.2 Å². The number of ether oxygens (including phenoxy) is 1. The van der Waals surface area contributed by atoms with Crippen LogP contribution in [-0.2, 0) is 14.3 Å². The van der Waals surface area contributed by atoms with Crippen LogP contribution in [0.4, 0.5) is 18.9 Å². The quantitative estimate of drug-likeness (QED) is 0.731. The van der Waals surface area contributed by atoms with Crippen LogP contribution in [0.3, 0.4) is 0 Å². The van der Waals surface area contributed by atoms with Crippen LogP contribution in [0.5, 0.6) is 0 Å². The number of hydrogen-bond acceptors (Lipinski definition) is 4. The zero-order chi connectivity index (χ0) is 22.5. The lowest BCUT2D eigenvalue weighted by Crippen LogP contribution is -2.42. The van der Waals surface area contributed by atoms with E-state index in [1.807, 2.05) is 0 Å². The molecule has 0 saturated carbocycles. The molecule has 2 aromatic rings. The summed E-state index contributed by atoms with van der Waals surface area (Å²) >= 11 is 0. The van der Waals surface area contributed by atoms with Crippen LogP contribution in [0.25, 0.3) is 0 Å². The predicted octanol–water partition coefficient (Wildman–Crippen LogP) is 3.53. The smallest absolute Gasteiger partial charge is 0.309 e. The number of rotatable bonds is 5. The summed E-state index contributed by atoms with van der Waals surface area (Å²) in [5, 5.41) is 2.36. The van der Waals surface area contributed by atoms with Crippen molar-refractivity contribution in [3.8, 4) is 0 Å². The van der Waals surface area contributed by atoms with Crippen molar-refractivity contribution in [2.24, 2.45) is 5.92 Å². The van der Waals surface area contributed by atoms with Gasteiger partial charge in [0, 0.05) is 19.2 Å². The van der Waals surface area contributed by atoms with Gasteiger partial charge in [0.2, 0.25) is 0 Å². The molecule has 2 aromatic carbocycles. The van der Waals surface area contributed by atoms with E-state index >= 15 is 0 Å². The van der Waals surface area contributed by atoms with Gasteiger partial charge < -0.3 is 15.0 Å². The summed E-state index contributed by atoms with van der Waals surface area (Å²) in [6.07, 6.45) is -0.593. The van der Waals surface area contributed by atoms with E-state index in [4.69, 9.17) is 4.74 Å². The molecule has 1 atom stereocenters. The lowest BCUT2D eigenvalue weighted by atomic mass is 9.96. The zero-order valence-corrected chi connectivity index (χ0v) is 16.7. The average molecular weight is 434 g/mol. The molecular formula is C22H21F3N2O4. The number of benzene rings is 2. The summed E-state index contributed by atoms with van der Waals surface area (Å²) in [5.41, 5.74) is -0.254.